The van der Waals surface area contributed by atoms with Gasteiger partial charge in [0.2, 0.25) is 15.9 Å². The summed E-state index contributed by atoms with van der Waals surface area (Å²) in [6.45, 7) is 0.689. The molecule has 0 radical (unpaired) electrons. The van der Waals surface area contributed by atoms with Crippen molar-refractivity contribution in [1.29, 1.82) is 0 Å². The second-order valence-electron chi connectivity index (χ2n) is 6.40. The zero-order valence-corrected chi connectivity index (χ0v) is 14.2. The number of amides is 2. The van der Waals surface area contributed by atoms with E-state index in [2.05, 4.69) is 0 Å². The van der Waals surface area contributed by atoms with Gasteiger partial charge in [-0.05, 0) is 25.2 Å². The lowest BCUT2D eigenvalue weighted by Gasteiger charge is -2.25. The molecule has 0 bridgehead atoms. The zero-order valence-electron chi connectivity index (χ0n) is 12.6. The summed E-state index contributed by atoms with van der Waals surface area (Å²) >= 11 is 1.01. The van der Waals surface area contributed by atoms with Crippen molar-refractivity contribution in [2.75, 3.05) is 24.6 Å². The van der Waals surface area contributed by atoms with Gasteiger partial charge < -0.3 is 0 Å². The van der Waals surface area contributed by atoms with Gasteiger partial charge in [0.1, 0.15) is 0 Å². The molecule has 2 amide bonds. The minimum atomic E-state index is -3.28. The van der Waals surface area contributed by atoms with Crippen molar-refractivity contribution in [3.05, 3.63) is 0 Å². The third-order valence-corrected chi connectivity index (χ3v) is 7.69. The van der Waals surface area contributed by atoms with E-state index in [1.807, 2.05) is 0 Å². The number of carbonyl (C=O) groups is 2. The molecule has 0 N–H and O–H groups in total. The van der Waals surface area contributed by atoms with Gasteiger partial charge in [0.05, 0.1) is 17.5 Å². The van der Waals surface area contributed by atoms with Crippen LogP contribution in [0.25, 0.3) is 0 Å². The minimum Gasteiger partial charge on any atom is -0.273 e. The van der Waals surface area contributed by atoms with Crippen molar-refractivity contribution in [2.45, 2.75) is 44.6 Å². The predicted molar refractivity (Wildman–Crippen MR) is 85.0 cm³/mol. The van der Waals surface area contributed by atoms with Crippen LogP contribution in [-0.4, -0.2) is 59.4 Å². The Morgan fingerprint density at radius 3 is 2.45 bits per heavy atom. The average Bonchev–Trinajstić information content (AvgIpc) is 3.07. The molecule has 0 aromatic carbocycles. The van der Waals surface area contributed by atoms with Crippen LogP contribution in [0, 0.1) is 5.92 Å². The van der Waals surface area contributed by atoms with Crippen LogP contribution in [0.4, 0.5) is 4.79 Å². The molecule has 124 valence electrons. The maximum Gasteiger partial charge on any atom is 0.289 e. The fourth-order valence-electron chi connectivity index (χ4n) is 3.65. The topological polar surface area (TPSA) is 74.8 Å². The van der Waals surface area contributed by atoms with Crippen LogP contribution in [0.2, 0.25) is 0 Å². The third kappa shape index (κ3) is 3.33. The molecule has 2 aliphatic heterocycles. The van der Waals surface area contributed by atoms with Gasteiger partial charge in [-0.2, -0.15) is 4.31 Å². The summed E-state index contributed by atoms with van der Waals surface area (Å²) in [5.74, 6) is 0.482. The van der Waals surface area contributed by atoms with Gasteiger partial charge in [-0.15, -0.1) is 0 Å². The number of carbonyl (C=O) groups excluding carboxylic acids is 2. The maximum absolute atomic E-state index is 12.6. The van der Waals surface area contributed by atoms with Crippen LogP contribution in [-0.2, 0) is 14.8 Å². The fraction of sp³-hybridized carbons (Fsp3) is 0.857. The number of hydrogen-bond donors (Lipinski definition) is 0. The summed E-state index contributed by atoms with van der Waals surface area (Å²) in [4.78, 5) is 24.8. The van der Waals surface area contributed by atoms with Crippen LogP contribution in [0.1, 0.15) is 38.5 Å². The lowest BCUT2D eigenvalue weighted by molar-refractivity contribution is -0.126. The summed E-state index contributed by atoms with van der Waals surface area (Å²) in [6.07, 6.45) is 6.00. The zero-order chi connectivity index (χ0) is 15.7. The molecule has 3 fully saturated rings. The summed E-state index contributed by atoms with van der Waals surface area (Å²) in [6, 6.07) is -0.281. The highest BCUT2D eigenvalue weighted by molar-refractivity contribution is 8.14. The van der Waals surface area contributed by atoms with Crippen LogP contribution >= 0.6 is 11.8 Å². The van der Waals surface area contributed by atoms with Gasteiger partial charge in [-0.25, -0.2) is 8.42 Å². The van der Waals surface area contributed by atoms with E-state index < -0.39 is 10.0 Å². The first-order valence-electron chi connectivity index (χ1n) is 7.94. The average molecular weight is 346 g/mol. The Bertz CT molecular complexity index is 541. The quantitative estimate of drug-likeness (QED) is 0.774. The van der Waals surface area contributed by atoms with E-state index in [1.165, 1.54) is 15.6 Å². The molecule has 0 spiro atoms. The number of imide groups is 1. The lowest BCUT2D eigenvalue weighted by Crippen LogP contribution is -2.42. The van der Waals surface area contributed by atoms with Crippen molar-refractivity contribution >= 4 is 32.9 Å². The number of thioether (sulfide) groups is 1. The molecule has 1 saturated carbocycles. The summed E-state index contributed by atoms with van der Waals surface area (Å²) < 4.78 is 26.6. The number of hydrogen-bond acceptors (Lipinski definition) is 5. The van der Waals surface area contributed by atoms with Gasteiger partial charge in [-0.1, -0.05) is 31.0 Å². The van der Waals surface area contributed by atoms with E-state index in [0.29, 0.717) is 13.0 Å². The van der Waals surface area contributed by atoms with E-state index in [4.69, 9.17) is 0 Å². The van der Waals surface area contributed by atoms with Crippen LogP contribution in [0.15, 0.2) is 0 Å². The molecular formula is C14H22N2O4S2. The van der Waals surface area contributed by atoms with Crippen molar-refractivity contribution in [2.24, 2.45) is 5.92 Å². The second-order valence-corrected chi connectivity index (χ2v) is 9.34. The maximum atomic E-state index is 12.6. The Morgan fingerprint density at radius 2 is 1.82 bits per heavy atom. The lowest BCUT2D eigenvalue weighted by atomic mass is 9.91. The molecule has 1 atom stereocenters. The van der Waals surface area contributed by atoms with Crippen molar-refractivity contribution < 1.29 is 18.0 Å². The van der Waals surface area contributed by atoms with Crippen LogP contribution in [0.3, 0.4) is 0 Å². The molecule has 2 heterocycles. The van der Waals surface area contributed by atoms with Crippen molar-refractivity contribution in [3.8, 4) is 0 Å². The van der Waals surface area contributed by atoms with Gasteiger partial charge in [-0.3, -0.25) is 14.5 Å². The molecule has 0 aromatic heterocycles. The van der Waals surface area contributed by atoms with Gasteiger partial charge in [0.25, 0.3) is 5.24 Å². The van der Waals surface area contributed by atoms with Crippen LogP contribution < -0.4 is 0 Å². The second kappa shape index (κ2) is 6.49. The smallest absolute Gasteiger partial charge is 0.273 e. The highest BCUT2D eigenvalue weighted by atomic mass is 32.2. The Labute approximate surface area is 135 Å². The Hall–Kier alpha value is -0.600. The standard InChI is InChI=1S/C14H22N2O4S2/c17-13-9-21-14(18)16(13)12-6-7-15(8-12)22(19,20)10-11-4-2-1-3-5-11/h11-12H,1-10H2. The minimum absolute atomic E-state index is 0.185. The molecule has 1 unspecified atom stereocenters. The molecule has 2 saturated heterocycles. The number of nitrogens with zero attached hydrogens (tertiary/aromatic N) is 2. The van der Waals surface area contributed by atoms with E-state index in [0.717, 1.165) is 37.4 Å². The summed E-state index contributed by atoms with van der Waals surface area (Å²) in [5.41, 5.74) is 0. The van der Waals surface area contributed by atoms with E-state index in [-0.39, 0.29) is 41.2 Å². The molecule has 22 heavy (non-hydrogen) atoms. The third-order valence-electron chi connectivity index (χ3n) is 4.84. The molecule has 6 nitrogen and oxygen atoms in total. The van der Waals surface area contributed by atoms with Gasteiger partial charge >= 0.3 is 0 Å². The monoisotopic (exact) mass is 346 g/mol. The van der Waals surface area contributed by atoms with E-state index >= 15 is 0 Å². The number of sulfonamides is 1. The Morgan fingerprint density at radius 1 is 1.09 bits per heavy atom. The highest BCUT2D eigenvalue weighted by Crippen LogP contribution is 2.30. The Balaban J connectivity index is 1.61. The van der Waals surface area contributed by atoms with Gasteiger partial charge in [0.15, 0.2) is 0 Å². The van der Waals surface area contributed by atoms with E-state index in [1.54, 1.807) is 0 Å². The predicted octanol–water partition coefficient (Wildman–Crippen LogP) is 1.67. The molecule has 3 rings (SSSR count). The van der Waals surface area contributed by atoms with Crippen molar-refractivity contribution in [1.82, 2.24) is 9.21 Å². The SMILES string of the molecule is O=C1CSC(=O)N1C1CCN(S(=O)(=O)CC2CCCCC2)C1. The molecular weight excluding hydrogens is 324 g/mol. The highest BCUT2D eigenvalue weighted by Gasteiger charge is 2.42. The number of rotatable bonds is 4. The largest absolute Gasteiger partial charge is 0.289 e. The van der Waals surface area contributed by atoms with Crippen molar-refractivity contribution in [3.63, 3.8) is 0 Å². The first kappa shape index (κ1) is 16.3. The Kier molecular flexibility index (Phi) is 4.80. The first-order chi connectivity index (χ1) is 10.5. The normalized spacial score (nSPS) is 28.7. The van der Waals surface area contributed by atoms with E-state index in [9.17, 15) is 18.0 Å². The first-order valence-corrected chi connectivity index (χ1v) is 10.5. The summed E-state index contributed by atoms with van der Waals surface area (Å²) in [7, 11) is -3.28. The molecule has 1 aliphatic carbocycles. The van der Waals surface area contributed by atoms with Gasteiger partial charge in [0, 0.05) is 13.1 Å². The summed E-state index contributed by atoms with van der Waals surface area (Å²) in [5, 5.41) is -0.235. The van der Waals surface area contributed by atoms with Crippen LogP contribution in [0.5, 0.6) is 0 Å². The molecule has 3 aliphatic rings. The molecule has 8 heteroatoms. The molecule has 0 aromatic rings. The fourth-order valence-corrected chi connectivity index (χ4v) is 6.35.